The average molecular weight is 164 g/mol. The second-order valence-electron chi connectivity index (χ2n) is 2.06. The minimum Gasteiger partial charge on any atom is -0.481 e. The third kappa shape index (κ3) is 2.16. The van der Waals surface area contributed by atoms with Crippen molar-refractivity contribution in [2.75, 3.05) is 7.11 Å². The zero-order valence-electron chi connectivity index (χ0n) is 6.60. The van der Waals surface area contributed by atoms with Crippen molar-refractivity contribution in [3.05, 3.63) is 35.0 Å². The fourth-order valence-electron chi connectivity index (χ4n) is 0.728. The van der Waals surface area contributed by atoms with E-state index in [2.05, 4.69) is 10.2 Å². The van der Waals surface area contributed by atoms with Crippen LogP contribution in [0.4, 0.5) is 0 Å². The Balaban J connectivity index is 2.77. The van der Waals surface area contributed by atoms with E-state index in [4.69, 9.17) is 4.74 Å². The molecule has 4 nitrogen and oxygen atoms in total. The molecule has 0 unspecified atom stereocenters. The van der Waals surface area contributed by atoms with E-state index >= 15 is 0 Å². The van der Waals surface area contributed by atoms with Crippen molar-refractivity contribution >= 4 is 6.08 Å². The van der Waals surface area contributed by atoms with E-state index in [1.54, 1.807) is 31.5 Å². The highest BCUT2D eigenvalue weighted by atomic mass is 16.5. The van der Waals surface area contributed by atoms with Crippen molar-refractivity contribution < 1.29 is 4.74 Å². The molecule has 1 aromatic heterocycles. The lowest BCUT2D eigenvalue weighted by Gasteiger charge is -1.96. The van der Waals surface area contributed by atoms with Crippen molar-refractivity contribution in [1.82, 2.24) is 4.98 Å². The zero-order valence-corrected chi connectivity index (χ0v) is 6.60. The molecule has 0 spiro atoms. The number of pyridine rings is 1. The Hall–Kier alpha value is -1.71. The van der Waals surface area contributed by atoms with Gasteiger partial charge in [0.2, 0.25) is 5.88 Å². The number of ether oxygens (including phenoxy) is 1. The number of nitroso groups, excluding NO2 is 1. The van der Waals surface area contributed by atoms with Gasteiger partial charge >= 0.3 is 0 Å². The first-order valence-corrected chi connectivity index (χ1v) is 3.36. The minimum atomic E-state index is 0.547. The van der Waals surface area contributed by atoms with Crippen LogP contribution in [0.15, 0.2) is 29.7 Å². The van der Waals surface area contributed by atoms with Crippen LogP contribution in [0, 0.1) is 4.91 Å². The first-order chi connectivity index (χ1) is 5.86. The molecule has 0 aliphatic heterocycles. The monoisotopic (exact) mass is 164 g/mol. The number of nitrogens with zero attached hydrogens (tertiary/aromatic N) is 2. The molecule has 0 aliphatic rings. The van der Waals surface area contributed by atoms with E-state index in [1.807, 2.05) is 0 Å². The van der Waals surface area contributed by atoms with Crippen molar-refractivity contribution in [2.24, 2.45) is 5.18 Å². The van der Waals surface area contributed by atoms with E-state index in [0.717, 1.165) is 5.56 Å². The second-order valence-corrected chi connectivity index (χ2v) is 2.06. The third-order valence-electron chi connectivity index (χ3n) is 1.30. The van der Waals surface area contributed by atoms with Gasteiger partial charge in [-0.3, -0.25) is 0 Å². The highest BCUT2D eigenvalue weighted by molar-refractivity contribution is 5.47. The Morgan fingerprint density at radius 2 is 2.42 bits per heavy atom. The summed E-state index contributed by atoms with van der Waals surface area (Å²) in [6.45, 7) is 0. The summed E-state index contributed by atoms with van der Waals surface area (Å²) < 4.78 is 4.85. The normalized spacial score (nSPS) is 10.1. The van der Waals surface area contributed by atoms with E-state index in [0.29, 0.717) is 5.88 Å². The van der Waals surface area contributed by atoms with Gasteiger partial charge in [-0.25, -0.2) is 4.98 Å². The fraction of sp³-hybridized carbons (Fsp3) is 0.125. The van der Waals surface area contributed by atoms with Crippen LogP contribution < -0.4 is 4.74 Å². The molecule has 0 N–H and O–H groups in total. The van der Waals surface area contributed by atoms with Crippen molar-refractivity contribution in [3.8, 4) is 5.88 Å². The smallest absolute Gasteiger partial charge is 0.212 e. The first kappa shape index (κ1) is 8.39. The Bertz CT molecular complexity index is 280. The highest BCUT2D eigenvalue weighted by Gasteiger charge is 1.90. The molecule has 0 atom stereocenters. The standard InChI is InChI=1S/C8H8N2O2/c1-12-8-3-2-7(6-9-8)4-5-10-11/h2-6H,1H3/b5-4+. The predicted molar refractivity (Wildman–Crippen MR) is 45.6 cm³/mol. The van der Waals surface area contributed by atoms with E-state index < -0.39 is 0 Å². The topological polar surface area (TPSA) is 51.5 Å². The molecule has 0 saturated carbocycles. The SMILES string of the molecule is COc1ccc(/C=C/N=O)cn1. The molecule has 1 heterocycles. The predicted octanol–water partition coefficient (Wildman–Crippen LogP) is 1.83. The lowest BCUT2D eigenvalue weighted by molar-refractivity contribution is 0.398. The molecule has 1 aromatic rings. The van der Waals surface area contributed by atoms with Crippen LogP contribution in [0.2, 0.25) is 0 Å². The molecule has 0 aliphatic carbocycles. The van der Waals surface area contributed by atoms with Crippen LogP contribution in [-0.2, 0) is 0 Å². The molecular formula is C8H8N2O2. The lowest BCUT2D eigenvalue weighted by Crippen LogP contribution is -1.85. The number of methoxy groups -OCH3 is 1. The number of hydrogen-bond donors (Lipinski definition) is 0. The number of rotatable bonds is 3. The quantitative estimate of drug-likeness (QED) is 0.640. The summed E-state index contributed by atoms with van der Waals surface area (Å²) in [5.41, 5.74) is 0.815. The second kappa shape index (κ2) is 4.23. The van der Waals surface area contributed by atoms with Gasteiger partial charge in [0.15, 0.2) is 0 Å². The number of hydrogen-bond acceptors (Lipinski definition) is 4. The van der Waals surface area contributed by atoms with Crippen LogP contribution in [0.5, 0.6) is 5.88 Å². The summed E-state index contributed by atoms with van der Waals surface area (Å²) in [7, 11) is 1.55. The Kier molecular flexibility index (Phi) is 2.95. The van der Waals surface area contributed by atoms with Gasteiger partial charge in [-0.1, -0.05) is 0 Å². The summed E-state index contributed by atoms with van der Waals surface area (Å²) in [6.07, 6.45) is 4.34. The Labute approximate surface area is 69.9 Å². The molecule has 0 aromatic carbocycles. The van der Waals surface area contributed by atoms with Gasteiger partial charge in [-0.2, -0.15) is 0 Å². The van der Waals surface area contributed by atoms with E-state index in [9.17, 15) is 4.91 Å². The average Bonchev–Trinajstić information content (AvgIpc) is 2.15. The molecular weight excluding hydrogens is 156 g/mol. The highest BCUT2D eigenvalue weighted by Crippen LogP contribution is 2.07. The maximum atomic E-state index is 9.72. The maximum Gasteiger partial charge on any atom is 0.212 e. The molecule has 12 heavy (non-hydrogen) atoms. The molecule has 0 bridgehead atoms. The van der Waals surface area contributed by atoms with Crippen LogP contribution in [0.3, 0.4) is 0 Å². The zero-order chi connectivity index (χ0) is 8.81. The van der Waals surface area contributed by atoms with Gasteiger partial charge in [0, 0.05) is 12.3 Å². The summed E-state index contributed by atoms with van der Waals surface area (Å²) in [5.74, 6) is 0.547. The first-order valence-electron chi connectivity index (χ1n) is 3.36. The van der Waals surface area contributed by atoms with Gasteiger partial charge in [0.1, 0.15) is 0 Å². The summed E-state index contributed by atoms with van der Waals surface area (Å²) >= 11 is 0. The van der Waals surface area contributed by atoms with Gasteiger partial charge in [-0.15, -0.1) is 4.91 Å². The summed E-state index contributed by atoms with van der Waals surface area (Å²) in [4.78, 5) is 13.7. The third-order valence-corrected chi connectivity index (χ3v) is 1.30. The van der Waals surface area contributed by atoms with Crippen molar-refractivity contribution in [1.29, 1.82) is 0 Å². The number of aromatic nitrogens is 1. The molecule has 1 rings (SSSR count). The molecule has 0 fully saturated rings. The minimum absolute atomic E-state index is 0.547. The maximum absolute atomic E-state index is 9.72. The fourth-order valence-corrected chi connectivity index (χ4v) is 0.728. The lowest BCUT2D eigenvalue weighted by atomic mass is 10.3. The molecule has 62 valence electrons. The largest absolute Gasteiger partial charge is 0.481 e. The summed E-state index contributed by atoms with van der Waals surface area (Å²) in [6, 6.07) is 3.50. The van der Waals surface area contributed by atoms with Gasteiger partial charge in [-0.05, 0) is 22.9 Å². The van der Waals surface area contributed by atoms with Crippen molar-refractivity contribution in [3.63, 3.8) is 0 Å². The summed E-state index contributed by atoms with van der Waals surface area (Å²) in [5, 5.41) is 2.58. The van der Waals surface area contributed by atoms with Crippen LogP contribution in [-0.4, -0.2) is 12.1 Å². The van der Waals surface area contributed by atoms with Gasteiger partial charge < -0.3 is 4.74 Å². The molecule has 0 amide bonds. The van der Waals surface area contributed by atoms with Crippen LogP contribution in [0.25, 0.3) is 6.08 Å². The van der Waals surface area contributed by atoms with E-state index in [1.165, 1.54) is 6.20 Å². The molecule has 4 heteroatoms. The van der Waals surface area contributed by atoms with Gasteiger partial charge in [0.05, 0.1) is 13.3 Å². The van der Waals surface area contributed by atoms with Crippen LogP contribution in [0.1, 0.15) is 5.56 Å². The van der Waals surface area contributed by atoms with Crippen LogP contribution >= 0.6 is 0 Å². The Morgan fingerprint density at radius 3 is 2.92 bits per heavy atom. The van der Waals surface area contributed by atoms with Crippen molar-refractivity contribution in [2.45, 2.75) is 0 Å². The van der Waals surface area contributed by atoms with E-state index in [-0.39, 0.29) is 0 Å². The Morgan fingerprint density at radius 1 is 1.58 bits per heavy atom. The van der Waals surface area contributed by atoms with Gasteiger partial charge in [0.25, 0.3) is 0 Å². The molecule has 0 saturated heterocycles. The molecule has 0 radical (unpaired) electrons.